The lowest BCUT2D eigenvalue weighted by Crippen LogP contribution is -2.47. The predicted octanol–water partition coefficient (Wildman–Crippen LogP) is 1.42. The molecule has 0 aromatic carbocycles. The maximum absolute atomic E-state index is 12.1. The van der Waals surface area contributed by atoms with Gasteiger partial charge in [0.2, 0.25) is 11.9 Å². The van der Waals surface area contributed by atoms with Crippen LogP contribution in [-0.2, 0) is 6.42 Å². The fraction of sp³-hybridized carbons (Fsp3) is 0.471. The monoisotopic (exact) mass is 324 g/mol. The van der Waals surface area contributed by atoms with E-state index in [0.717, 1.165) is 67.9 Å². The average molecular weight is 324 g/mol. The van der Waals surface area contributed by atoms with Gasteiger partial charge in [0, 0.05) is 45.0 Å². The number of nitrogens with zero attached hydrogens (tertiary/aromatic N) is 6. The van der Waals surface area contributed by atoms with E-state index in [2.05, 4.69) is 24.8 Å². The van der Waals surface area contributed by atoms with Crippen LogP contribution in [0.15, 0.2) is 18.5 Å². The van der Waals surface area contributed by atoms with Gasteiger partial charge in [0.05, 0.1) is 17.0 Å². The van der Waals surface area contributed by atoms with E-state index in [9.17, 15) is 4.79 Å². The first kappa shape index (κ1) is 15.0. The first-order valence-corrected chi connectivity index (χ1v) is 8.40. The van der Waals surface area contributed by atoms with E-state index in [1.807, 2.05) is 13.0 Å². The minimum atomic E-state index is 0.186. The number of piperazine rings is 1. The quantitative estimate of drug-likeness (QED) is 0.827. The molecule has 1 aliphatic carbocycles. The van der Waals surface area contributed by atoms with E-state index >= 15 is 0 Å². The third kappa shape index (κ3) is 2.70. The Morgan fingerprint density at radius 1 is 0.917 bits per heavy atom. The van der Waals surface area contributed by atoms with E-state index in [-0.39, 0.29) is 5.78 Å². The van der Waals surface area contributed by atoms with Crippen molar-refractivity contribution in [2.45, 2.75) is 26.2 Å². The van der Waals surface area contributed by atoms with Crippen LogP contribution in [0.4, 0.5) is 11.9 Å². The van der Waals surface area contributed by atoms with Crippen LogP contribution < -0.4 is 9.80 Å². The summed E-state index contributed by atoms with van der Waals surface area (Å²) in [6.07, 6.45) is 5.91. The lowest BCUT2D eigenvalue weighted by Gasteiger charge is -2.35. The first-order chi connectivity index (χ1) is 11.7. The Balaban J connectivity index is 1.52. The van der Waals surface area contributed by atoms with Gasteiger partial charge in [-0.15, -0.1) is 0 Å². The van der Waals surface area contributed by atoms with Gasteiger partial charge in [-0.1, -0.05) is 0 Å². The second-order valence-electron chi connectivity index (χ2n) is 6.23. The number of anilines is 2. The highest BCUT2D eigenvalue weighted by Crippen LogP contribution is 2.24. The molecule has 2 aromatic rings. The zero-order valence-corrected chi connectivity index (χ0v) is 13.8. The lowest BCUT2D eigenvalue weighted by molar-refractivity contribution is 0.0970. The van der Waals surface area contributed by atoms with Crippen LogP contribution in [0.1, 0.15) is 34.6 Å². The second kappa shape index (κ2) is 6.14. The van der Waals surface area contributed by atoms with Crippen molar-refractivity contribution in [3.8, 4) is 0 Å². The van der Waals surface area contributed by atoms with E-state index in [4.69, 9.17) is 4.98 Å². The molecule has 124 valence electrons. The van der Waals surface area contributed by atoms with Crippen molar-refractivity contribution in [2.24, 2.45) is 0 Å². The van der Waals surface area contributed by atoms with Gasteiger partial charge in [-0.2, -0.15) is 0 Å². The van der Waals surface area contributed by atoms with E-state index < -0.39 is 0 Å². The molecule has 1 aliphatic heterocycles. The average Bonchev–Trinajstić information content (AvgIpc) is 2.62. The van der Waals surface area contributed by atoms with Gasteiger partial charge >= 0.3 is 0 Å². The minimum absolute atomic E-state index is 0.186. The Morgan fingerprint density at radius 2 is 1.58 bits per heavy atom. The third-order valence-corrected chi connectivity index (χ3v) is 4.65. The molecule has 0 radical (unpaired) electrons. The number of fused-ring (bicyclic) bond motifs is 1. The van der Waals surface area contributed by atoms with Gasteiger partial charge < -0.3 is 9.80 Å². The van der Waals surface area contributed by atoms with Crippen molar-refractivity contribution in [1.82, 2.24) is 19.9 Å². The van der Waals surface area contributed by atoms with Gasteiger partial charge in [-0.25, -0.2) is 19.9 Å². The Hall–Kier alpha value is -2.57. The number of hydrogen-bond acceptors (Lipinski definition) is 7. The summed E-state index contributed by atoms with van der Waals surface area (Å²) in [6, 6.07) is 1.82. The summed E-state index contributed by atoms with van der Waals surface area (Å²) >= 11 is 0. The smallest absolute Gasteiger partial charge is 0.225 e. The molecule has 3 heterocycles. The summed E-state index contributed by atoms with van der Waals surface area (Å²) in [7, 11) is 0. The molecule has 7 nitrogen and oxygen atoms in total. The highest BCUT2D eigenvalue weighted by Gasteiger charge is 2.26. The molecule has 0 unspecified atom stereocenters. The van der Waals surface area contributed by atoms with Gasteiger partial charge in [0.25, 0.3) is 0 Å². The van der Waals surface area contributed by atoms with Crippen LogP contribution in [0.2, 0.25) is 0 Å². The molecule has 7 heteroatoms. The van der Waals surface area contributed by atoms with E-state index in [0.29, 0.717) is 6.42 Å². The molecule has 0 amide bonds. The summed E-state index contributed by atoms with van der Waals surface area (Å²) < 4.78 is 0. The molecule has 1 saturated heterocycles. The molecule has 0 atom stereocenters. The summed E-state index contributed by atoms with van der Waals surface area (Å²) in [5.74, 6) is 1.70. The largest absolute Gasteiger partial charge is 0.337 e. The van der Waals surface area contributed by atoms with E-state index in [1.54, 1.807) is 12.4 Å². The van der Waals surface area contributed by atoms with Gasteiger partial charge in [-0.3, -0.25) is 4.79 Å². The zero-order valence-electron chi connectivity index (χ0n) is 13.8. The summed E-state index contributed by atoms with van der Waals surface area (Å²) in [5, 5.41) is 0. The molecule has 2 aliphatic rings. The lowest BCUT2D eigenvalue weighted by atomic mass is 9.94. The van der Waals surface area contributed by atoms with Crippen molar-refractivity contribution < 1.29 is 4.79 Å². The van der Waals surface area contributed by atoms with E-state index in [1.165, 1.54) is 0 Å². The Morgan fingerprint density at radius 3 is 2.29 bits per heavy atom. The molecule has 0 saturated carbocycles. The number of aryl methyl sites for hydroxylation is 2. The fourth-order valence-electron chi connectivity index (χ4n) is 3.40. The normalized spacial score (nSPS) is 17.8. The van der Waals surface area contributed by atoms with Crippen LogP contribution >= 0.6 is 0 Å². The Labute approximate surface area is 140 Å². The maximum Gasteiger partial charge on any atom is 0.225 e. The van der Waals surface area contributed by atoms with Crippen molar-refractivity contribution >= 4 is 17.7 Å². The van der Waals surface area contributed by atoms with Crippen LogP contribution in [0.5, 0.6) is 0 Å². The number of ketones is 1. The molecular weight excluding hydrogens is 304 g/mol. The van der Waals surface area contributed by atoms with Gasteiger partial charge in [-0.05, 0) is 25.8 Å². The highest BCUT2D eigenvalue weighted by atomic mass is 16.1. The zero-order chi connectivity index (χ0) is 16.5. The summed E-state index contributed by atoms with van der Waals surface area (Å²) in [6.45, 7) is 5.24. The van der Waals surface area contributed by atoms with Crippen molar-refractivity contribution in [3.63, 3.8) is 0 Å². The number of hydrogen-bond donors (Lipinski definition) is 0. The third-order valence-electron chi connectivity index (χ3n) is 4.65. The molecule has 24 heavy (non-hydrogen) atoms. The fourth-order valence-corrected chi connectivity index (χ4v) is 3.40. The highest BCUT2D eigenvalue weighted by molar-refractivity contribution is 5.99. The maximum atomic E-state index is 12.1. The van der Waals surface area contributed by atoms with Crippen LogP contribution in [0.3, 0.4) is 0 Å². The van der Waals surface area contributed by atoms with Crippen molar-refractivity contribution in [1.29, 1.82) is 0 Å². The van der Waals surface area contributed by atoms with Gasteiger partial charge in [0.1, 0.15) is 0 Å². The molecule has 0 spiro atoms. The SMILES string of the molecule is Cc1nc(N2CCN(c3ncccn3)CC2)nc2c1C(=O)CCC2. The van der Waals surface area contributed by atoms with Crippen LogP contribution in [-0.4, -0.2) is 51.9 Å². The second-order valence-corrected chi connectivity index (χ2v) is 6.23. The van der Waals surface area contributed by atoms with Crippen LogP contribution in [0, 0.1) is 6.92 Å². The topological polar surface area (TPSA) is 75.1 Å². The number of carbonyl (C=O) groups is 1. The predicted molar refractivity (Wildman–Crippen MR) is 90.5 cm³/mol. The number of Topliss-reactive ketones (excluding diaryl/α,β-unsaturated/α-hetero) is 1. The Kier molecular flexibility index (Phi) is 3.84. The summed E-state index contributed by atoms with van der Waals surface area (Å²) in [5.41, 5.74) is 2.48. The minimum Gasteiger partial charge on any atom is -0.337 e. The summed E-state index contributed by atoms with van der Waals surface area (Å²) in [4.78, 5) is 34.3. The first-order valence-electron chi connectivity index (χ1n) is 8.40. The number of carbonyl (C=O) groups excluding carboxylic acids is 1. The Bertz CT molecular complexity index is 755. The van der Waals surface area contributed by atoms with Crippen molar-refractivity contribution in [3.05, 3.63) is 35.4 Å². The molecule has 4 rings (SSSR count). The molecule has 0 bridgehead atoms. The number of aromatic nitrogens is 4. The molecule has 2 aromatic heterocycles. The number of rotatable bonds is 2. The molecule has 1 fully saturated rings. The standard InChI is InChI=1S/C17H20N6O/c1-12-15-13(4-2-5-14(15)24)21-17(20-12)23-10-8-22(9-11-23)16-18-6-3-7-19-16/h3,6-7H,2,4-5,8-11H2,1H3. The van der Waals surface area contributed by atoms with Crippen molar-refractivity contribution in [2.75, 3.05) is 36.0 Å². The van der Waals surface area contributed by atoms with Crippen LogP contribution in [0.25, 0.3) is 0 Å². The van der Waals surface area contributed by atoms with Gasteiger partial charge in [0.15, 0.2) is 5.78 Å². The molecule has 0 N–H and O–H groups in total. The molecular formula is C17H20N6O.